The Kier molecular flexibility index (Phi) is 4.92. The minimum atomic E-state index is -0.0889. The normalized spacial score (nSPS) is 13.6. The highest BCUT2D eigenvalue weighted by atomic mass is 35.5. The van der Waals surface area contributed by atoms with Gasteiger partial charge in [0, 0.05) is 10.3 Å². The lowest BCUT2D eigenvalue weighted by Gasteiger charge is -2.11. The lowest BCUT2D eigenvalue weighted by atomic mass is 9.97. The molecule has 3 aromatic rings. The number of nitrogens with zero attached hydrogens (tertiary/aromatic N) is 2. The highest BCUT2D eigenvalue weighted by molar-refractivity contribution is 8.00. The second kappa shape index (κ2) is 7.32. The third kappa shape index (κ3) is 3.52. The monoisotopic (exact) mass is 389 g/mol. The van der Waals surface area contributed by atoms with Crippen molar-refractivity contribution in [1.29, 1.82) is 0 Å². The van der Waals surface area contributed by atoms with Crippen LogP contribution in [-0.2, 0) is 17.6 Å². The van der Waals surface area contributed by atoms with Crippen molar-refractivity contribution in [2.45, 2.75) is 30.7 Å². The second-order valence-corrected chi connectivity index (χ2v) is 8.34. The van der Waals surface area contributed by atoms with Gasteiger partial charge >= 0.3 is 0 Å². The second-order valence-electron chi connectivity index (χ2n) is 5.89. The van der Waals surface area contributed by atoms with Crippen LogP contribution in [-0.4, -0.2) is 21.6 Å². The maximum atomic E-state index is 12.3. The van der Waals surface area contributed by atoms with E-state index in [9.17, 15) is 4.79 Å². The molecule has 1 aliphatic rings. The van der Waals surface area contributed by atoms with Crippen LogP contribution in [0.25, 0.3) is 10.2 Å². The number of rotatable bonds is 4. The molecule has 0 fully saturated rings. The van der Waals surface area contributed by atoms with Crippen LogP contribution in [0.4, 0.5) is 5.69 Å². The third-order valence-electron chi connectivity index (χ3n) is 4.20. The number of nitrogens with one attached hydrogen (secondary N) is 1. The molecule has 25 heavy (non-hydrogen) atoms. The number of anilines is 1. The minimum absolute atomic E-state index is 0.0889. The van der Waals surface area contributed by atoms with Gasteiger partial charge in [-0.15, -0.1) is 11.3 Å². The van der Waals surface area contributed by atoms with Gasteiger partial charge in [0.25, 0.3) is 0 Å². The first kappa shape index (κ1) is 16.8. The van der Waals surface area contributed by atoms with Crippen molar-refractivity contribution in [1.82, 2.24) is 9.97 Å². The van der Waals surface area contributed by atoms with Crippen LogP contribution in [0.5, 0.6) is 0 Å². The molecule has 4 rings (SSSR count). The van der Waals surface area contributed by atoms with Crippen LogP contribution in [0.1, 0.15) is 23.3 Å². The molecule has 0 spiro atoms. The molecule has 0 aliphatic heterocycles. The van der Waals surface area contributed by atoms with E-state index >= 15 is 0 Å². The summed E-state index contributed by atoms with van der Waals surface area (Å²) in [5, 5.41) is 5.44. The zero-order chi connectivity index (χ0) is 17.2. The van der Waals surface area contributed by atoms with Crippen LogP contribution in [0, 0.1) is 0 Å². The molecule has 7 heteroatoms. The van der Waals surface area contributed by atoms with Crippen LogP contribution in [0.2, 0.25) is 5.02 Å². The summed E-state index contributed by atoms with van der Waals surface area (Å²) < 4.78 is 0. The Balaban J connectivity index is 1.52. The average molecular weight is 390 g/mol. The fraction of sp³-hybridized carbons (Fsp3) is 0.278. The molecule has 1 N–H and O–H groups in total. The standard InChI is InChI=1S/C18H16ClN3OS2/c19-12-6-2-3-7-13(12)22-15(23)9-24-17-16-11-5-1-4-8-14(11)25-18(16)21-10-20-17/h2-3,6-7,10H,1,4-5,8-9H2,(H,22,23). The summed E-state index contributed by atoms with van der Waals surface area (Å²) in [5.74, 6) is 0.205. The quantitative estimate of drug-likeness (QED) is 0.506. The Hall–Kier alpha value is -1.63. The van der Waals surface area contributed by atoms with E-state index < -0.39 is 0 Å². The molecule has 1 amide bonds. The lowest BCUT2D eigenvalue weighted by molar-refractivity contribution is -0.113. The summed E-state index contributed by atoms with van der Waals surface area (Å²) in [7, 11) is 0. The fourth-order valence-corrected chi connectivity index (χ4v) is 5.36. The van der Waals surface area contributed by atoms with E-state index in [4.69, 9.17) is 11.6 Å². The fourth-order valence-electron chi connectivity index (χ4n) is 3.05. The van der Waals surface area contributed by atoms with E-state index in [1.165, 1.54) is 35.0 Å². The molecule has 1 aromatic carbocycles. The smallest absolute Gasteiger partial charge is 0.234 e. The Labute approximate surface area is 159 Å². The highest BCUT2D eigenvalue weighted by Gasteiger charge is 2.20. The predicted octanol–water partition coefficient (Wildman–Crippen LogP) is 4.95. The predicted molar refractivity (Wildman–Crippen MR) is 105 cm³/mol. The number of amides is 1. The Morgan fingerprint density at radius 2 is 2.08 bits per heavy atom. The molecule has 2 aromatic heterocycles. The van der Waals surface area contributed by atoms with Gasteiger partial charge in [0.05, 0.1) is 16.5 Å². The van der Waals surface area contributed by atoms with Gasteiger partial charge in [-0.3, -0.25) is 4.79 Å². The van der Waals surface area contributed by atoms with E-state index in [1.54, 1.807) is 29.8 Å². The van der Waals surface area contributed by atoms with Gasteiger partial charge in [0.2, 0.25) is 5.91 Å². The number of benzene rings is 1. The van der Waals surface area contributed by atoms with Crippen molar-refractivity contribution in [2.75, 3.05) is 11.1 Å². The van der Waals surface area contributed by atoms with Gasteiger partial charge in [0.1, 0.15) is 16.2 Å². The van der Waals surface area contributed by atoms with Crippen LogP contribution < -0.4 is 5.32 Å². The van der Waals surface area contributed by atoms with Gasteiger partial charge in [-0.05, 0) is 43.4 Å². The third-order valence-corrected chi connectivity index (χ3v) is 6.72. The number of halogens is 1. The number of carbonyl (C=O) groups is 1. The molecular formula is C18H16ClN3OS2. The van der Waals surface area contributed by atoms with E-state index in [2.05, 4.69) is 15.3 Å². The maximum Gasteiger partial charge on any atom is 0.234 e. The number of thiophene rings is 1. The highest BCUT2D eigenvalue weighted by Crippen LogP contribution is 2.39. The van der Waals surface area contributed by atoms with Crippen LogP contribution in [0.3, 0.4) is 0 Å². The van der Waals surface area contributed by atoms with Gasteiger partial charge < -0.3 is 5.32 Å². The maximum absolute atomic E-state index is 12.3. The molecular weight excluding hydrogens is 374 g/mol. The Morgan fingerprint density at radius 1 is 1.24 bits per heavy atom. The largest absolute Gasteiger partial charge is 0.324 e. The molecule has 0 radical (unpaired) electrons. The number of hydrogen-bond donors (Lipinski definition) is 1. The Bertz CT molecular complexity index is 941. The van der Waals surface area contributed by atoms with E-state index in [0.29, 0.717) is 16.5 Å². The molecule has 0 saturated carbocycles. The van der Waals surface area contributed by atoms with Crippen molar-refractivity contribution in [3.8, 4) is 0 Å². The van der Waals surface area contributed by atoms with Crippen molar-refractivity contribution >= 4 is 56.5 Å². The van der Waals surface area contributed by atoms with Gasteiger partial charge in [-0.25, -0.2) is 9.97 Å². The number of hydrogen-bond acceptors (Lipinski definition) is 5. The molecule has 0 unspecified atom stereocenters. The van der Waals surface area contributed by atoms with Crippen molar-refractivity contribution < 1.29 is 4.79 Å². The number of carbonyl (C=O) groups excluding carboxylic acids is 1. The molecule has 0 bridgehead atoms. The number of aryl methyl sites for hydroxylation is 2. The van der Waals surface area contributed by atoms with Gasteiger partial charge in [0.15, 0.2) is 0 Å². The molecule has 2 heterocycles. The number of fused-ring (bicyclic) bond motifs is 3. The lowest BCUT2D eigenvalue weighted by Crippen LogP contribution is -2.14. The first-order valence-electron chi connectivity index (χ1n) is 8.15. The van der Waals surface area contributed by atoms with Crippen LogP contribution >= 0.6 is 34.7 Å². The van der Waals surface area contributed by atoms with Gasteiger partial charge in [-0.2, -0.15) is 0 Å². The van der Waals surface area contributed by atoms with Crippen LogP contribution in [0.15, 0.2) is 35.6 Å². The number of para-hydroxylation sites is 1. The number of aromatic nitrogens is 2. The number of thioether (sulfide) groups is 1. The molecule has 0 saturated heterocycles. The van der Waals surface area contributed by atoms with Crippen molar-refractivity contribution in [3.05, 3.63) is 46.1 Å². The van der Waals surface area contributed by atoms with Crippen molar-refractivity contribution in [2.24, 2.45) is 0 Å². The minimum Gasteiger partial charge on any atom is -0.324 e. The van der Waals surface area contributed by atoms with E-state index in [1.807, 2.05) is 12.1 Å². The van der Waals surface area contributed by atoms with Gasteiger partial charge in [-0.1, -0.05) is 35.5 Å². The van der Waals surface area contributed by atoms with E-state index in [-0.39, 0.29) is 5.91 Å². The topological polar surface area (TPSA) is 54.9 Å². The molecule has 4 nitrogen and oxygen atoms in total. The molecule has 1 aliphatic carbocycles. The summed E-state index contributed by atoms with van der Waals surface area (Å²) in [4.78, 5) is 23.6. The summed E-state index contributed by atoms with van der Waals surface area (Å²) in [6.45, 7) is 0. The molecule has 128 valence electrons. The molecule has 0 atom stereocenters. The SMILES string of the molecule is O=C(CSc1ncnc2sc3c(c12)CCCC3)Nc1ccccc1Cl. The first-order chi connectivity index (χ1) is 12.2. The summed E-state index contributed by atoms with van der Waals surface area (Å²) >= 11 is 9.32. The van der Waals surface area contributed by atoms with E-state index in [0.717, 1.165) is 28.1 Å². The zero-order valence-corrected chi connectivity index (χ0v) is 15.8. The first-order valence-corrected chi connectivity index (χ1v) is 10.3. The average Bonchev–Trinajstić information content (AvgIpc) is 3.01. The zero-order valence-electron chi connectivity index (χ0n) is 13.4. The summed E-state index contributed by atoms with van der Waals surface area (Å²) in [6, 6.07) is 7.24. The summed E-state index contributed by atoms with van der Waals surface area (Å²) in [5.41, 5.74) is 2.02. The van der Waals surface area contributed by atoms with Crippen molar-refractivity contribution in [3.63, 3.8) is 0 Å². The summed E-state index contributed by atoms with van der Waals surface area (Å²) in [6.07, 6.45) is 6.27. The Morgan fingerprint density at radius 3 is 2.96 bits per heavy atom.